The van der Waals surface area contributed by atoms with E-state index in [0.29, 0.717) is 5.56 Å². The van der Waals surface area contributed by atoms with E-state index in [-0.39, 0.29) is 12.2 Å². The predicted molar refractivity (Wildman–Crippen MR) is 84.6 cm³/mol. The van der Waals surface area contributed by atoms with Gasteiger partial charge >= 0.3 is 12.2 Å². The van der Waals surface area contributed by atoms with E-state index in [4.69, 9.17) is 4.74 Å². The molecule has 2 rings (SSSR count). The van der Waals surface area contributed by atoms with Crippen LogP contribution in [0, 0.1) is 5.82 Å². The third-order valence-corrected chi connectivity index (χ3v) is 3.43. The van der Waals surface area contributed by atoms with Gasteiger partial charge in [-0.1, -0.05) is 24.3 Å². The van der Waals surface area contributed by atoms with E-state index in [0.717, 1.165) is 12.1 Å². The number of amides is 2. The molecule has 0 saturated heterocycles. The van der Waals surface area contributed by atoms with Crippen molar-refractivity contribution in [3.63, 3.8) is 0 Å². The number of ether oxygens (including phenoxy) is 1. The highest BCUT2D eigenvalue weighted by Gasteiger charge is 2.33. The molecule has 0 fully saturated rings. The Bertz CT molecular complexity index is 735. The summed E-state index contributed by atoms with van der Waals surface area (Å²) in [4.78, 5) is 11.9. The summed E-state index contributed by atoms with van der Waals surface area (Å²) >= 11 is 0. The molecule has 2 aromatic carbocycles. The van der Waals surface area contributed by atoms with Crippen LogP contribution in [0.2, 0.25) is 0 Å². The first-order valence-electron chi connectivity index (χ1n) is 7.30. The lowest BCUT2D eigenvalue weighted by Gasteiger charge is -2.18. The summed E-state index contributed by atoms with van der Waals surface area (Å²) in [7, 11) is 1.38. The first-order valence-corrected chi connectivity index (χ1v) is 7.30. The molecule has 8 heteroatoms. The van der Waals surface area contributed by atoms with E-state index >= 15 is 0 Å². The molecule has 134 valence electrons. The highest BCUT2D eigenvalue weighted by atomic mass is 19.4. The van der Waals surface area contributed by atoms with Gasteiger partial charge in [-0.15, -0.1) is 0 Å². The van der Waals surface area contributed by atoms with Crippen molar-refractivity contribution in [1.29, 1.82) is 0 Å². The molecular formula is C17H16F4N2O2. The topological polar surface area (TPSA) is 50.4 Å². The number of rotatable bonds is 5. The molecule has 2 amide bonds. The number of hydrogen-bond donors (Lipinski definition) is 2. The molecule has 0 heterocycles. The molecule has 0 bridgehead atoms. The normalized spacial score (nSPS) is 12.5. The minimum atomic E-state index is -4.58. The maximum absolute atomic E-state index is 13.2. The highest BCUT2D eigenvalue weighted by molar-refractivity contribution is 5.90. The number of methoxy groups -OCH3 is 1. The van der Waals surface area contributed by atoms with E-state index in [9.17, 15) is 22.4 Å². The van der Waals surface area contributed by atoms with Crippen LogP contribution in [-0.4, -0.2) is 19.7 Å². The van der Waals surface area contributed by atoms with Crippen molar-refractivity contribution in [1.82, 2.24) is 5.32 Å². The number of hydrogen-bond acceptors (Lipinski definition) is 2. The molecule has 0 aliphatic rings. The van der Waals surface area contributed by atoms with Crippen LogP contribution in [0.1, 0.15) is 17.2 Å². The van der Waals surface area contributed by atoms with Crippen LogP contribution in [-0.2, 0) is 10.9 Å². The Morgan fingerprint density at radius 3 is 2.52 bits per heavy atom. The molecule has 0 aromatic heterocycles. The third-order valence-electron chi connectivity index (χ3n) is 3.43. The van der Waals surface area contributed by atoms with Gasteiger partial charge in [0.25, 0.3) is 0 Å². The molecule has 25 heavy (non-hydrogen) atoms. The van der Waals surface area contributed by atoms with E-state index < -0.39 is 29.7 Å². The largest absolute Gasteiger partial charge is 0.418 e. The van der Waals surface area contributed by atoms with Crippen LogP contribution in [0.25, 0.3) is 0 Å². The van der Waals surface area contributed by atoms with Crippen molar-refractivity contribution >= 4 is 11.7 Å². The summed E-state index contributed by atoms with van der Waals surface area (Å²) in [5.41, 5.74) is -0.802. The quantitative estimate of drug-likeness (QED) is 0.783. The lowest BCUT2D eigenvalue weighted by molar-refractivity contribution is -0.136. The molecule has 4 nitrogen and oxygen atoms in total. The van der Waals surface area contributed by atoms with Gasteiger partial charge in [-0.2, -0.15) is 13.2 Å². The minimum Gasteiger partial charge on any atom is -0.375 e. The number of para-hydroxylation sites is 1. The summed E-state index contributed by atoms with van der Waals surface area (Å²) in [5.74, 6) is -0.455. The zero-order valence-corrected chi connectivity index (χ0v) is 13.2. The minimum absolute atomic E-state index is 0.0417. The molecule has 0 aliphatic heterocycles. The van der Waals surface area contributed by atoms with Crippen molar-refractivity contribution in [2.75, 3.05) is 19.0 Å². The molecule has 1 unspecified atom stereocenters. The van der Waals surface area contributed by atoms with Crippen LogP contribution >= 0.6 is 0 Å². The van der Waals surface area contributed by atoms with Gasteiger partial charge in [0.05, 0.1) is 17.4 Å². The van der Waals surface area contributed by atoms with Gasteiger partial charge in [-0.25, -0.2) is 9.18 Å². The standard InChI is InChI=1S/C17H16F4N2O2/c1-25-15(11-5-4-6-12(18)9-11)10-22-16(24)23-14-8-3-2-7-13(14)17(19,20)21/h2-9,15H,10H2,1H3,(H2,22,23,24). The molecule has 0 saturated carbocycles. The Morgan fingerprint density at radius 1 is 1.16 bits per heavy atom. The number of nitrogens with one attached hydrogen (secondary N) is 2. The average molecular weight is 356 g/mol. The molecular weight excluding hydrogens is 340 g/mol. The maximum Gasteiger partial charge on any atom is 0.418 e. The summed E-state index contributed by atoms with van der Waals surface area (Å²) in [5, 5.41) is 4.57. The van der Waals surface area contributed by atoms with Gasteiger partial charge < -0.3 is 15.4 Å². The second-order valence-corrected chi connectivity index (χ2v) is 5.16. The van der Waals surface area contributed by atoms with Crippen molar-refractivity contribution < 1.29 is 27.1 Å². The van der Waals surface area contributed by atoms with E-state index in [1.54, 1.807) is 6.07 Å². The Balaban J connectivity index is 2.01. The summed E-state index contributed by atoms with van der Waals surface area (Å²) in [6.07, 6.45) is -5.22. The van der Waals surface area contributed by atoms with Crippen LogP contribution in [0.3, 0.4) is 0 Å². The molecule has 0 aliphatic carbocycles. The fourth-order valence-electron chi connectivity index (χ4n) is 2.24. The fraction of sp³-hybridized carbons (Fsp3) is 0.235. The average Bonchev–Trinajstić information content (AvgIpc) is 2.55. The summed E-state index contributed by atoms with van der Waals surface area (Å²) in [6, 6.07) is 9.47. The number of alkyl halides is 3. The van der Waals surface area contributed by atoms with Gasteiger partial charge in [0.1, 0.15) is 5.82 Å². The van der Waals surface area contributed by atoms with Crippen LogP contribution < -0.4 is 10.6 Å². The molecule has 2 aromatic rings. The van der Waals surface area contributed by atoms with Gasteiger partial charge in [-0.05, 0) is 29.8 Å². The first-order chi connectivity index (χ1) is 11.8. The van der Waals surface area contributed by atoms with Gasteiger partial charge in [0, 0.05) is 13.7 Å². The molecule has 0 radical (unpaired) electrons. The first kappa shape index (κ1) is 18.7. The van der Waals surface area contributed by atoms with Crippen molar-refractivity contribution in [3.05, 3.63) is 65.5 Å². The maximum atomic E-state index is 13.2. The Kier molecular flexibility index (Phi) is 5.97. The van der Waals surface area contributed by atoms with Gasteiger partial charge in [0.2, 0.25) is 0 Å². The second kappa shape index (κ2) is 7.98. The highest BCUT2D eigenvalue weighted by Crippen LogP contribution is 2.34. The number of carbonyl (C=O) groups excluding carboxylic acids is 1. The zero-order chi connectivity index (χ0) is 18.4. The number of carbonyl (C=O) groups is 1. The lowest BCUT2D eigenvalue weighted by atomic mass is 10.1. The number of benzene rings is 2. The monoisotopic (exact) mass is 356 g/mol. The van der Waals surface area contributed by atoms with Gasteiger partial charge in [0.15, 0.2) is 0 Å². The Morgan fingerprint density at radius 2 is 1.88 bits per heavy atom. The molecule has 1 atom stereocenters. The second-order valence-electron chi connectivity index (χ2n) is 5.16. The Hall–Kier alpha value is -2.61. The van der Waals surface area contributed by atoms with E-state index in [2.05, 4.69) is 10.6 Å². The Labute approximate surface area is 141 Å². The van der Waals surface area contributed by atoms with Crippen molar-refractivity contribution in [2.45, 2.75) is 12.3 Å². The molecule has 2 N–H and O–H groups in total. The van der Waals surface area contributed by atoms with Crippen LogP contribution in [0.15, 0.2) is 48.5 Å². The fourth-order valence-corrected chi connectivity index (χ4v) is 2.24. The number of halogens is 4. The van der Waals surface area contributed by atoms with E-state index in [1.807, 2.05) is 0 Å². The van der Waals surface area contributed by atoms with Crippen LogP contribution in [0.5, 0.6) is 0 Å². The zero-order valence-electron chi connectivity index (χ0n) is 13.2. The smallest absolute Gasteiger partial charge is 0.375 e. The SMILES string of the molecule is COC(CNC(=O)Nc1ccccc1C(F)(F)F)c1cccc(F)c1. The van der Waals surface area contributed by atoms with Crippen molar-refractivity contribution in [3.8, 4) is 0 Å². The lowest BCUT2D eigenvalue weighted by Crippen LogP contribution is -2.33. The van der Waals surface area contributed by atoms with Gasteiger partial charge in [-0.3, -0.25) is 0 Å². The van der Waals surface area contributed by atoms with Crippen molar-refractivity contribution in [2.24, 2.45) is 0 Å². The summed E-state index contributed by atoms with van der Waals surface area (Å²) in [6.45, 7) is -0.0417. The third kappa shape index (κ3) is 5.18. The summed E-state index contributed by atoms with van der Waals surface area (Å²) < 4.78 is 57.1. The predicted octanol–water partition coefficient (Wildman–Crippen LogP) is 4.35. The number of anilines is 1. The molecule has 0 spiro atoms. The van der Waals surface area contributed by atoms with E-state index in [1.165, 1.54) is 37.4 Å². The number of urea groups is 1. The van der Waals surface area contributed by atoms with Crippen LogP contribution in [0.4, 0.5) is 28.0 Å².